The van der Waals surface area contributed by atoms with Crippen molar-refractivity contribution in [1.29, 1.82) is 0 Å². The fraction of sp³-hybridized carbons (Fsp3) is 0.500. The van der Waals surface area contributed by atoms with Gasteiger partial charge in [0.15, 0.2) is 0 Å². The maximum atomic E-state index is 12.1. The van der Waals surface area contributed by atoms with Crippen molar-refractivity contribution in [1.82, 2.24) is 9.88 Å². The normalized spacial score (nSPS) is 20.1. The largest absolute Gasteiger partial charge is 0.396 e. The van der Waals surface area contributed by atoms with Crippen molar-refractivity contribution in [2.24, 2.45) is 5.92 Å². The molecule has 1 N–H and O–H groups in total. The molecule has 0 saturated carbocycles. The molecule has 1 aromatic rings. The Kier molecular flexibility index (Phi) is 3.19. The van der Waals surface area contributed by atoms with Crippen LogP contribution in [0, 0.1) is 12.8 Å². The Morgan fingerprint density at radius 3 is 3.12 bits per heavy atom. The highest BCUT2D eigenvalue weighted by atomic mass is 16.3. The van der Waals surface area contributed by atoms with E-state index in [4.69, 9.17) is 5.11 Å². The number of carbonyl (C=O) groups is 1. The monoisotopic (exact) mass is 220 g/mol. The number of aliphatic hydroxyl groups is 1. The number of nitrogens with zero attached hydrogens (tertiary/aromatic N) is 2. The fourth-order valence-corrected chi connectivity index (χ4v) is 2.03. The number of carbonyl (C=O) groups excluding carboxylic acids is 1. The van der Waals surface area contributed by atoms with Gasteiger partial charge in [0.05, 0.1) is 0 Å². The highest BCUT2D eigenvalue weighted by Crippen LogP contribution is 2.18. The first kappa shape index (κ1) is 11.1. The zero-order valence-corrected chi connectivity index (χ0v) is 9.39. The van der Waals surface area contributed by atoms with Gasteiger partial charge in [-0.25, -0.2) is 0 Å². The van der Waals surface area contributed by atoms with E-state index >= 15 is 0 Å². The zero-order chi connectivity index (χ0) is 11.5. The predicted octanol–water partition coefficient (Wildman–Crippen LogP) is 0.844. The molecule has 1 aliphatic heterocycles. The van der Waals surface area contributed by atoms with E-state index in [-0.39, 0.29) is 18.4 Å². The lowest BCUT2D eigenvalue weighted by atomic mass is 10.1. The lowest BCUT2D eigenvalue weighted by Gasteiger charge is -2.16. The van der Waals surface area contributed by atoms with Crippen LogP contribution in [0.5, 0.6) is 0 Å². The van der Waals surface area contributed by atoms with Crippen LogP contribution in [0.3, 0.4) is 0 Å². The molecule has 0 bridgehead atoms. The summed E-state index contributed by atoms with van der Waals surface area (Å²) < 4.78 is 0. The second-order valence-electron chi connectivity index (χ2n) is 4.27. The summed E-state index contributed by atoms with van der Waals surface area (Å²) in [4.78, 5) is 17.9. The van der Waals surface area contributed by atoms with E-state index in [0.29, 0.717) is 12.1 Å². The quantitative estimate of drug-likeness (QED) is 0.803. The molecule has 1 aromatic heterocycles. The minimum absolute atomic E-state index is 0.0430. The number of amides is 1. The second-order valence-corrected chi connectivity index (χ2v) is 4.27. The highest BCUT2D eigenvalue weighted by molar-refractivity contribution is 5.94. The summed E-state index contributed by atoms with van der Waals surface area (Å²) in [5, 5.41) is 9.03. The van der Waals surface area contributed by atoms with Gasteiger partial charge in [-0.15, -0.1) is 0 Å². The minimum atomic E-state index is 0.0430. The van der Waals surface area contributed by atoms with Gasteiger partial charge in [-0.2, -0.15) is 0 Å². The first-order valence-corrected chi connectivity index (χ1v) is 5.53. The molecule has 2 rings (SSSR count). The van der Waals surface area contributed by atoms with Gasteiger partial charge in [-0.3, -0.25) is 9.78 Å². The van der Waals surface area contributed by atoms with E-state index in [1.807, 2.05) is 6.92 Å². The Morgan fingerprint density at radius 2 is 2.50 bits per heavy atom. The summed E-state index contributed by atoms with van der Waals surface area (Å²) in [6.45, 7) is 3.44. The summed E-state index contributed by atoms with van der Waals surface area (Å²) in [7, 11) is 0. The molecule has 1 amide bonds. The van der Waals surface area contributed by atoms with Gasteiger partial charge >= 0.3 is 0 Å². The smallest absolute Gasteiger partial charge is 0.253 e. The fourth-order valence-electron chi connectivity index (χ4n) is 2.03. The lowest BCUT2D eigenvalue weighted by Crippen LogP contribution is -2.29. The van der Waals surface area contributed by atoms with Gasteiger partial charge in [0, 0.05) is 43.1 Å². The van der Waals surface area contributed by atoms with E-state index in [1.165, 1.54) is 0 Å². The molecular weight excluding hydrogens is 204 g/mol. The average molecular weight is 220 g/mol. The van der Waals surface area contributed by atoms with Crippen molar-refractivity contribution in [3.05, 3.63) is 29.6 Å². The lowest BCUT2D eigenvalue weighted by molar-refractivity contribution is 0.0781. The summed E-state index contributed by atoms with van der Waals surface area (Å²) in [5.41, 5.74) is 1.54. The van der Waals surface area contributed by atoms with Crippen molar-refractivity contribution >= 4 is 5.91 Å². The topological polar surface area (TPSA) is 53.4 Å². The van der Waals surface area contributed by atoms with E-state index < -0.39 is 0 Å². The van der Waals surface area contributed by atoms with Crippen LogP contribution in [-0.4, -0.2) is 40.6 Å². The Morgan fingerprint density at radius 1 is 1.69 bits per heavy atom. The molecule has 16 heavy (non-hydrogen) atoms. The SMILES string of the molecule is Cc1cc(C(=O)N2CCC(CO)C2)ccn1. The maximum Gasteiger partial charge on any atom is 0.253 e. The van der Waals surface area contributed by atoms with Crippen LogP contribution < -0.4 is 0 Å². The van der Waals surface area contributed by atoms with Gasteiger partial charge in [-0.05, 0) is 25.5 Å². The molecular formula is C12H16N2O2. The molecule has 1 saturated heterocycles. The van der Waals surface area contributed by atoms with Crippen molar-refractivity contribution in [2.75, 3.05) is 19.7 Å². The van der Waals surface area contributed by atoms with Crippen LogP contribution in [0.15, 0.2) is 18.3 Å². The standard InChI is InChI=1S/C12H16N2O2/c1-9-6-11(2-4-13-9)12(16)14-5-3-10(7-14)8-15/h2,4,6,10,15H,3,5,7-8H2,1H3. The second kappa shape index (κ2) is 4.61. The zero-order valence-electron chi connectivity index (χ0n) is 9.39. The van der Waals surface area contributed by atoms with Gasteiger partial charge < -0.3 is 10.0 Å². The third-order valence-corrected chi connectivity index (χ3v) is 2.97. The number of hydrogen-bond donors (Lipinski definition) is 1. The van der Waals surface area contributed by atoms with Gasteiger partial charge in [0.1, 0.15) is 0 Å². The predicted molar refractivity (Wildman–Crippen MR) is 60.1 cm³/mol. The summed E-state index contributed by atoms with van der Waals surface area (Å²) >= 11 is 0. The minimum Gasteiger partial charge on any atom is -0.396 e. The number of rotatable bonds is 2. The molecule has 2 heterocycles. The molecule has 86 valence electrons. The first-order valence-electron chi connectivity index (χ1n) is 5.53. The van der Waals surface area contributed by atoms with Crippen molar-refractivity contribution in [3.63, 3.8) is 0 Å². The average Bonchev–Trinajstić information content (AvgIpc) is 2.76. The van der Waals surface area contributed by atoms with Gasteiger partial charge in [-0.1, -0.05) is 0 Å². The summed E-state index contributed by atoms with van der Waals surface area (Å²) in [6, 6.07) is 3.54. The van der Waals surface area contributed by atoms with Crippen LogP contribution in [0.25, 0.3) is 0 Å². The van der Waals surface area contributed by atoms with Crippen molar-refractivity contribution in [3.8, 4) is 0 Å². The number of aryl methyl sites for hydroxylation is 1. The molecule has 0 radical (unpaired) electrons. The number of hydrogen-bond acceptors (Lipinski definition) is 3. The number of pyridine rings is 1. The third kappa shape index (κ3) is 2.22. The molecule has 0 aromatic carbocycles. The van der Waals surface area contributed by atoms with Gasteiger partial charge in [0.2, 0.25) is 0 Å². The van der Waals surface area contributed by atoms with E-state index in [1.54, 1.807) is 23.2 Å². The van der Waals surface area contributed by atoms with Crippen molar-refractivity contribution in [2.45, 2.75) is 13.3 Å². The Balaban J connectivity index is 2.08. The van der Waals surface area contributed by atoms with E-state index in [9.17, 15) is 4.79 Å². The van der Waals surface area contributed by atoms with Crippen LogP contribution in [0.2, 0.25) is 0 Å². The molecule has 1 unspecified atom stereocenters. The Labute approximate surface area is 94.9 Å². The van der Waals surface area contributed by atoms with Crippen LogP contribution in [-0.2, 0) is 0 Å². The van der Waals surface area contributed by atoms with Gasteiger partial charge in [0.25, 0.3) is 5.91 Å². The summed E-state index contributed by atoms with van der Waals surface area (Å²) in [6.07, 6.45) is 2.55. The Bertz CT molecular complexity index is 392. The number of aliphatic hydroxyl groups excluding tert-OH is 1. The molecule has 0 aliphatic carbocycles. The van der Waals surface area contributed by atoms with E-state index in [0.717, 1.165) is 18.7 Å². The molecule has 1 fully saturated rings. The molecule has 4 heteroatoms. The molecule has 1 aliphatic rings. The number of aromatic nitrogens is 1. The molecule has 0 spiro atoms. The van der Waals surface area contributed by atoms with Crippen LogP contribution in [0.1, 0.15) is 22.5 Å². The van der Waals surface area contributed by atoms with E-state index in [2.05, 4.69) is 4.98 Å². The molecule has 4 nitrogen and oxygen atoms in total. The third-order valence-electron chi connectivity index (χ3n) is 2.97. The first-order chi connectivity index (χ1) is 7.70. The van der Waals surface area contributed by atoms with Crippen LogP contribution >= 0.6 is 0 Å². The van der Waals surface area contributed by atoms with Crippen LogP contribution in [0.4, 0.5) is 0 Å². The summed E-state index contributed by atoms with van der Waals surface area (Å²) in [5.74, 6) is 0.285. The Hall–Kier alpha value is -1.42. The number of likely N-dealkylation sites (tertiary alicyclic amines) is 1. The molecule has 1 atom stereocenters. The highest BCUT2D eigenvalue weighted by Gasteiger charge is 2.26. The maximum absolute atomic E-state index is 12.1. The van der Waals surface area contributed by atoms with Crippen molar-refractivity contribution < 1.29 is 9.90 Å².